The molecule has 4 nitrogen and oxygen atoms in total. The quantitative estimate of drug-likeness (QED) is 0.793. The van der Waals surface area contributed by atoms with Gasteiger partial charge in [0.25, 0.3) is 5.91 Å². The fraction of sp³-hybridized carbons (Fsp3) is 0.158. The van der Waals surface area contributed by atoms with Crippen LogP contribution in [-0.4, -0.2) is 21.7 Å². The molecule has 0 bridgehead atoms. The summed E-state index contributed by atoms with van der Waals surface area (Å²) in [6, 6.07) is 17.3. The normalized spacial score (nSPS) is 10.8. The highest BCUT2D eigenvalue weighted by molar-refractivity contribution is 5.94. The van der Waals surface area contributed by atoms with Gasteiger partial charge in [-0.3, -0.25) is 4.79 Å². The molecule has 0 unspecified atom stereocenters. The van der Waals surface area contributed by atoms with Crippen LogP contribution < -0.4 is 5.32 Å². The highest BCUT2D eigenvalue weighted by atomic mass is 19.1. The van der Waals surface area contributed by atoms with Crippen molar-refractivity contribution in [2.24, 2.45) is 0 Å². The first kappa shape index (κ1) is 15.9. The van der Waals surface area contributed by atoms with Crippen molar-refractivity contribution >= 4 is 5.91 Å². The Hall–Kier alpha value is -2.95. The Labute approximate surface area is 139 Å². The molecule has 0 aliphatic carbocycles. The van der Waals surface area contributed by atoms with E-state index in [1.165, 1.54) is 12.1 Å². The summed E-state index contributed by atoms with van der Waals surface area (Å²) in [5.41, 5.74) is 2.65. The SMILES string of the molecule is CC(C)NC(=O)c1cc(-c2ccccc2)nn1-c1ccc(F)cc1. The molecule has 0 aliphatic heterocycles. The molecule has 1 amide bonds. The second-order valence-electron chi connectivity index (χ2n) is 5.80. The second-order valence-corrected chi connectivity index (χ2v) is 5.80. The molecule has 0 atom stereocenters. The number of nitrogens with zero attached hydrogens (tertiary/aromatic N) is 2. The van der Waals surface area contributed by atoms with E-state index in [1.807, 2.05) is 44.2 Å². The highest BCUT2D eigenvalue weighted by Gasteiger charge is 2.18. The second kappa shape index (κ2) is 6.66. The summed E-state index contributed by atoms with van der Waals surface area (Å²) >= 11 is 0. The number of hydrogen-bond acceptors (Lipinski definition) is 2. The fourth-order valence-corrected chi connectivity index (χ4v) is 2.41. The molecule has 1 N–H and O–H groups in total. The Morgan fingerprint density at radius 1 is 1.08 bits per heavy atom. The van der Waals surface area contributed by atoms with Crippen LogP contribution in [0.15, 0.2) is 60.7 Å². The maximum Gasteiger partial charge on any atom is 0.270 e. The van der Waals surface area contributed by atoms with Crippen molar-refractivity contribution in [3.63, 3.8) is 0 Å². The number of halogens is 1. The van der Waals surface area contributed by atoms with Crippen molar-refractivity contribution < 1.29 is 9.18 Å². The number of nitrogens with one attached hydrogen (secondary N) is 1. The summed E-state index contributed by atoms with van der Waals surface area (Å²) < 4.78 is 14.7. The van der Waals surface area contributed by atoms with Gasteiger partial charge in [-0.1, -0.05) is 30.3 Å². The van der Waals surface area contributed by atoms with E-state index >= 15 is 0 Å². The fourth-order valence-electron chi connectivity index (χ4n) is 2.41. The average molecular weight is 323 g/mol. The van der Waals surface area contributed by atoms with Crippen LogP contribution in [0.4, 0.5) is 4.39 Å². The molecule has 122 valence electrons. The summed E-state index contributed by atoms with van der Waals surface area (Å²) in [6.45, 7) is 3.79. The molecular formula is C19H18FN3O. The van der Waals surface area contributed by atoms with Gasteiger partial charge in [-0.2, -0.15) is 5.10 Å². The van der Waals surface area contributed by atoms with Crippen LogP contribution in [0.1, 0.15) is 24.3 Å². The molecule has 24 heavy (non-hydrogen) atoms. The summed E-state index contributed by atoms with van der Waals surface area (Å²) in [4.78, 5) is 12.5. The van der Waals surface area contributed by atoms with Crippen LogP contribution in [0.3, 0.4) is 0 Å². The van der Waals surface area contributed by atoms with E-state index in [2.05, 4.69) is 10.4 Å². The first-order valence-electron chi connectivity index (χ1n) is 7.77. The van der Waals surface area contributed by atoms with Crippen molar-refractivity contribution in [3.8, 4) is 16.9 Å². The van der Waals surface area contributed by atoms with Gasteiger partial charge in [-0.15, -0.1) is 0 Å². The maximum atomic E-state index is 13.2. The van der Waals surface area contributed by atoms with Gasteiger partial charge in [-0.25, -0.2) is 9.07 Å². The van der Waals surface area contributed by atoms with Gasteiger partial charge < -0.3 is 5.32 Å². The molecule has 0 radical (unpaired) electrons. The largest absolute Gasteiger partial charge is 0.349 e. The Bertz CT molecular complexity index is 839. The molecule has 0 fully saturated rings. The Balaban J connectivity index is 2.09. The molecule has 1 heterocycles. The topological polar surface area (TPSA) is 46.9 Å². The Morgan fingerprint density at radius 3 is 2.38 bits per heavy atom. The van der Waals surface area contributed by atoms with Gasteiger partial charge in [0.2, 0.25) is 0 Å². The molecule has 3 aromatic rings. The minimum atomic E-state index is -0.331. The van der Waals surface area contributed by atoms with Crippen LogP contribution in [0.2, 0.25) is 0 Å². The van der Waals surface area contributed by atoms with Crippen LogP contribution in [0.5, 0.6) is 0 Å². The van der Waals surface area contributed by atoms with Gasteiger partial charge in [0.15, 0.2) is 0 Å². The minimum absolute atomic E-state index is 0.00856. The van der Waals surface area contributed by atoms with Gasteiger partial charge in [0.1, 0.15) is 11.5 Å². The monoisotopic (exact) mass is 323 g/mol. The predicted molar refractivity (Wildman–Crippen MR) is 91.6 cm³/mol. The van der Waals surface area contributed by atoms with Crippen molar-refractivity contribution in [3.05, 3.63) is 72.2 Å². The van der Waals surface area contributed by atoms with Gasteiger partial charge in [-0.05, 0) is 44.2 Å². The number of hydrogen-bond donors (Lipinski definition) is 1. The molecule has 1 aromatic heterocycles. The summed E-state index contributed by atoms with van der Waals surface area (Å²) in [5, 5.41) is 7.41. The number of carbonyl (C=O) groups is 1. The lowest BCUT2D eigenvalue weighted by Crippen LogP contribution is -2.31. The van der Waals surface area contributed by atoms with E-state index in [1.54, 1.807) is 22.9 Å². The van der Waals surface area contributed by atoms with Gasteiger partial charge in [0, 0.05) is 11.6 Å². The zero-order valence-electron chi connectivity index (χ0n) is 13.5. The average Bonchev–Trinajstić information content (AvgIpc) is 3.01. The molecule has 5 heteroatoms. The molecule has 3 rings (SSSR count). The van der Waals surface area contributed by atoms with E-state index in [-0.39, 0.29) is 17.8 Å². The zero-order chi connectivity index (χ0) is 17.1. The van der Waals surface area contributed by atoms with Crippen LogP contribution >= 0.6 is 0 Å². The van der Waals surface area contributed by atoms with Crippen molar-refractivity contribution in [1.82, 2.24) is 15.1 Å². The third-order valence-corrected chi connectivity index (χ3v) is 3.50. The van der Waals surface area contributed by atoms with E-state index in [0.29, 0.717) is 17.1 Å². The number of carbonyl (C=O) groups excluding carboxylic acids is 1. The van der Waals surface area contributed by atoms with E-state index < -0.39 is 0 Å². The lowest BCUT2D eigenvalue weighted by Gasteiger charge is -2.10. The Kier molecular flexibility index (Phi) is 4.42. The molecule has 0 saturated carbocycles. The zero-order valence-corrected chi connectivity index (χ0v) is 13.5. The third kappa shape index (κ3) is 3.35. The van der Waals surface area contributed by atoms with Crippen molar-refractivity contribution in [2.75, 3.05) is 0 Å². The number of aromatic nitrogens is 2. The number of amides is 1. The molecule has 0 aliphatic rings. The highest BCUT2D eigenvalue weighted by Crippen LogP contribution is 2.22. The summed E-state index contributed by atoms with van der Waals surface area (Å²) in [6.07, 6.45) is 0. The summed E-state index contributed by atoms with van der Waals surface area (Å²) in [5.74, 6) is -0.550. The molecule has 0 spiro atoms. The van der Waals surface area contributed by atoms with Crippen molar-refractivity contribution in [1.29, 1.82) is 0 Å². The van der Waals surface area contributed by atoms with Crippen LogP contribution in [0.25, 0.3) is 16.9 Å². The van der Waals surface area contributed by atoms with Crippen molar-refractivity contribution in [2.45, 2.75) is 19.9 Å². The molecular weight excluding hydrogens is 305 g/mol. The minimum Gasteiger partial charge on any atom is -0.349 e. The Morgan fingerprint density at radius 2 is 1.75 bits per heavy atom. The first-order valence-corrected chi connectivity index (χ1v) is 7.77. The van der Waals surface area contributed by atoms with Crippen LogP contribution in [-0.2, 0) is 0 Å². The number of benzene rings is 2. The smallest absolute Gasteiger partial charge is 0.270 e. The van der Waals surface area contributed by atoms with E-state index in [9.17, 15) is 9.18 Å². The lowest BCUT2D eigenvalue weighted by molar-refractivity contribution is 0.0935. The maximum absolute atomic E-state index is 13.2. The first-order chi connectivity index (χ1) is 11.5. The van der Waals surface area contributed by atoms with Gasteiger partial charge >= 0.3 is 0 Å². The lowest BCUT2D eigenvalue weighted by atomic mass is 10.1. The summed E-state index contributed by atoms with van der Waals surface area (Å²) in [7, 11) is 0. The van der Waals surface area contributed by atoms with Crippen LogP contribution in [0, 0.1) is 5.82 Å². The predicted octanol–water partition coefficient (Wildman–Crippen LogP) is 3.82. The van der Waals surface area contributed by atoms with E-state index in [4.69, 9.17) is 0 Å². The molecule has 0 saturated heterocycles. The number of rotatable bonds is 4. The van der Waals surface area contributed by atoms with E-state index in [0.717, 1.165) is 5.56 Å². The third-order valence-electron chi connectivity index (χ3n) is 3.50. The van der Waals surface area contributed by atoms with Gasteiger partial charge in [0.05, 0.1) is 11.4 Å². The molecule has 2 aromatic carbocycles. The standard InChI is InChI=1S/C19H18FN3O/c1-13(2)21-19(24)18-12-17(14-6-4-3-5-7-14)22-23(18)16-10-8-15(20)9-11-16/h3-13H,1-2H3,(H,21,24).